The number of H-pyrrole nitrogens is 1. The topological polar surface area (TPSA) is 66.7 Å². The van der Waals surface area contributed by atoms with Gasteiger partial charge < -0.3 is 16.0 Å². The molecular weight excluding hydrogens is 200 g/mol. The number of imidazole rings is 1. The predicted octanol–water partition coefficient (Wildman–Crippen LogP) is 1.71. The molecule has 0 spiro atoms. The van der Waals surface area contributed by atoms with Crippen LogP contribution in [0.2, 0.25) is 0 Å². The monoisotopic (exact) mass is 216 g/mol. The summed E-state index contributed by atoms with van der Waals surface area (Å²) in [5.41, 5.74) is 9.33. The first kappa shape index (κ1) is 9.66. The maximum atomic E-state index is 5.75. The average molecular weight is 216 g/mol. The molecule has 0 saturated heterocycles. The number of nitrogens with two attached hydrogens (primary N) is 1. The summed E-state index contributed by atoms with van der Waals surface area (Å²) in [5, 5.41) is 3.45. The number of hydrogen-bond acceptors (Lipinski definition) is 3. The Kier molecular flexibility index (Phi) is 2.11. The minimum Gasteiger partial charge on any atom is -0.384 e. The summed E-state index contributed by atoms with van der Waals surface area (Å²) in [6.07, 6.45) is 4.22. The largest absolute Gasteiger partial charge is 0.384 e. The maximum Gasteiger partial charge on any atom is 0.0931 e. The van der Waals surface area contributed by atoms with Crippen LogP contribution in [-0.2, 0) is 0 Å². The van der Waals surface area contributed by atoms with Gasteiger partial charge in [-0.05, 0) is 43.0 Å². The fourth-order valence-corrected chi connectivity index (χ4v) is 1.96. The van der Waals surface area contributed by atoms with Crippen LogP contribution in [0, 0.1) is 5.41 Å². The number of fused-ring (bicyclic) bond motifs is 1. The van der Waals surface area contributed by atoms with Gasteiger partial charge in [-0.15, -0.1) is 0 Å². The van der Waals surface area contributed by atoms with Gasteiger partial charge in [-0.3, -0.25) is 0 Å². The highest BCUT2D eigenvalue weighted by molar-refractivity contribution is 5.78. The van der Waals surface area contributed by atoms with E-state index in [1.54, 1.807) is 6.33 Å². The molecule has 2 aromatic rings. The summed E-state index contributed by atoms with van der Waals surface area (Å²) in [6, 6.07) is 6.18. The molecule has 1 saturated carbocycles. The Balaban J connectivity index is 1.74. The van der Waals surface area contributed by atoms with E-state index >= 15 is 0 Å². The Labute approximate surface area is 94.3 Å². The first-order valence-corrected chi connectivity index (χ1v) is 5.68. The Morgan fingerprint density at radius 1 is 1.44 bits per heavy atom. The second-order valence-electron chi connectivity index (χ2n) is 4.69. The molecule has 4 N–H and O–H groups in total. The van der Waals surface area contributed by atoms with Crippen LogP contribution in [0.15, 0.2) is 24.5 Å². The van der Waals surface area contributed by atoms with Crippen LogP contribution < -0.4 is 11.1 Å². The third-order valence-corrected chi connectivity index (χ3v) is 3.48. The molecule has 1 aliphatic carbocycles. The zero-order chi connectivity index (χ0) is 11.0. The van der Waals surface area contributed by atoms with Crippen LogP contribution >= 0.6 is 0 Å². The molecule has 4 nitrogen and oxygen atoms in total. The van der Waals surface area contributed by atoms with Crippen molar-refractivity contribution in [1.29, 1.82) is 0 Å². The Hall–Kier alpha value is -1.55. The van der Waals surface area contributed by atoms with Crippen molar-refractivity contribution >= 4 is 16.7 Å². The van der Waals surface area contributed by atoms with Crippen molar-refractivity contribution in [2.24, 2.45) is 11.1 Å². The van der Waals surface area contributed by atoms with Crippen molar-refractivity contribution in [2.75, 3.05) is 18.4 Å². The number of benzene rings is 1. The van der Waals surface area contributed by atoms with Crippen molar-refractivity contribution in [3.05, 3.63) is 24.5 Å². The SMILES string of the molecule is NCC1(CNc2ccc3nc[nH]c3c2)CC1. The number of aromatic nitrogens is 2. The lowest BCUT2D eigenvalue weighted by atomic mass is 10.1. The predicted molar refractivity (Wildman–Crippen MR) is 65.3 cm³/mol. The lowest BCUT2D eigenvalue weighted by Crippen LogP contribution is -2.24. The first-order chi connectivity index (χ1) is 7.81. The molecule has 0 bridgehead atoms. The summed E-state index contributed by atoms with van der Waals surface area (Å²) in [4.78, 5) is 7.30. The summed E-state index contributed by atoms with van der Waals surface area (Å²) in [6.45, 7) is 1.76. The Bertz CT molecular complexity index is 498. The van der Waals surface area contributed by atoms with Gasteiger partial charge in [0.05, 0.1) is 17.4 Å². The molecule has 0 amide bonds. The second kappa shape index (κ2) is 3.49. The number of rotatable bonds is 4. The maximum absolute atomic E-state index is 5.75. The van der Waals surface area contributed by atoms with E-state index in [9.17, 15) is 0 Å². The van der Waals surface area contributed by atoms with Crippen molar-refractivity contribution in [2.45, 2.75) is 12.8 Å². The van der Waals surface area contributed by atoms with Crippen molar-refractivity contribution < 1.29 is 0 Å². The number of nitrogens with one attached hydrogen (secondary N) is 2. The van der Waals surface area contributed by atoms with Crippen molar-refractivity contribution in [3.63, 3.8) is 0 Å². The Morgan fingerprint density at radius 2 is 2.31 bits per heavy atom. The van der Waals surface area contributed by atoms with Gasteiger partial charge in [-0.25, -0.2) is 4.98 Å². The Morgan fingerprint density at radius 3 is 3.06 bits per heavy atom. The number of aromatic amines is 1. The highest BCUT2D eigenvalue weighted by atomic mass is 14.9. The van der Waals surface area contributed by atoms with Crippen LogP contribution in [0.3, 0.4) is 0 Å². The smallest absolute Gasteiger partial charge is 0.0931 e. The molecule has 1 aromatic heterocycles. The van der Waals surface area contributed by atoms with E-state index in [0.29, 0.717) is 5.41 Å². The summed E-state index contributed by atoms with van der Waals surface area (Å²) in [7, 11) is 0. The lowest BCUT2D eigenvalue weighted by molar-refractivity contribution is 0.556. The highest BCUT2D eigenvalue weighted by Crippen LogP contribution is 2.44. The highest BCUT2D eigenvalue weighted by Gasteiger charge is 2.40. The summed E-state index contributed by atoms with van der Waals surface area (Å²) < 4.78 is 0. The van der Waals surface area contributed by atoms with Gasteiger partial charge in [0, 0.05) is 12.2 Å². The summed E-state index contributed by atoms with van der Waals surface area (Å²) >= 11 is 0. The van der Waals surface area contributed by atoms with Crippen LogP contribution in [0.25, 0.3) is 11.0 Å². The molecule has 0 unspecified atom stereocenters. The fourth-order valence-electron chi connectivity index (χ4n) is 1.96. The van der Waals surface area contributed by atoms with E-state index in [-0.39, 0.29) is 0 Å². The van der Waals surface area contributed by atoms with Gasteiger partial charge >= 0.3 is 0 Å². The average Bonchev–Trinajstić information content (AvgIpc) is 2.96. The zero-order valence-corrected chi connectivity index (χ0v) is 9.16. The zero-order valence-electron chi connectivity index (χ0n) is 9.16. The third kappa shape index (κ3) is 1.65. The molecule has 0 atom stereocenters. The van der Waals surface area contributed by atoms with E-state index in [0.717, 1.165) is 29.8 Å². The fraction of sp³-hybridized carbons (Fsp3) is 0.417. The van der Waals surface area contributed by atoms with E-state index in [1.165, 1.54) is 12.8 Å². The molecule has 84 valence electrons. The van der Waals surface area contributed by atoms with Gasteiger partial charge in [-0.1, -0.05) is 0 Å². The molecule has 1 aliphatic rings. The van der Waals surface area contributed by atoms with Gasteiger partial charge in [0.2, 0.25) is 0 Å². The molecule has 1 heterocycles. The van der Waals surface area contributed by atoms with Crippen LogP contribution in [-0.4, -0.2) is 23.1 Å². The standard InChI is InChI=1S/C12H16N4/c13-6-12(3-4-12)7-14-9-1-2-10-11(5-9)16-8-15-10/h1-2,5,8,14H,3-4,6-7,13H2,(H,15,16). The van der Waals surface area contributed by atoms with E-state index in [4.69, 9.17) is 5.73 Å². The van der Waals surface area contributed by atoms with E-state index < -0.39 is 0 Å². The van der Waals surface area contributed by atoms with Crippen LogP contribution in [0.5, 0.6) is 0 Å². The molecule has 4 heteroatoms. The molecule has 1 aromatic carbocycles. The quantitative estimate of drug-likeness (QED) is 0.729. The van der Waals surface area contributed by atoms with Gasteiger partial charge in [-0.2, -0.15) is 0 Å². The normalized spacial score (nSPS) is 17.6. The van der Waals surface area contributed by atoms with Crippen molar-refractivity contribution in [3.8, 4) is 0 Å². The van der Waals surface area contributed by atoms with Gasteiger partial charge in [0.1, 0.15) is 0 Å². The van der Waals surface area contributed by atoms with Crippen LogP contribution in [0.4, 0.5) is 5.69 Å². The lowest BCUT2D eigenvalue weighted by Gasteiger charge is -2.14. The van der Waals surface area contributed by atoms with E-state index in [2.05, 4.69) is 27.4 Å². The molecule has 1 fully saturated rings. The summed E-state index contributed by atoms with van der Waals surface area (Å²) in [5.74, 6) is 0. The van der Waals surface area contributed by atoms with Gasteiger partial charge in [0.15, 0.2) is 0 Å². The molecule has 0 aliphatic heterocycles. The first-order valence-electron chi connectivity index (χ1n) is 5.68. The minimum atomic E-state index is 0.364. The number of hydrogen-bond donors (Lipinski definition) is 3. The molecular formula is C12H16N4. The second-order valence-corrected chi connectivity index (χ2v) is 4.69. The minimum absolute atomic E-state index is 0.364. The molecule has 0 radical (unpaired) electrons. The van der Waals surface area contributed by atoms with Crippen LogP contribution in [0.1, 0.15) is 12.8 Å². The van der Waals surface area contributed by atoms with E-state index in [1.807, 2.05) is 6.07 Å². The number of anilines is 1. The molecule has 16 heavy (non-hydrogen) atoms. The van der Waals surface area contributed by atoms with Gasteiger partial charge in [0.25, 0.3) is 0 Å². The number of nitrogens with zero attached hydrogens (tertiary/aromatic N) is 1. The third-order valence-electron chi connectivity index (χ3n) is 3.48. The van der Waals surface area contributed by atoms with Crippen molar-refractivity contribution in [1.82, 2.24) is 9.97 Å². The molecule has 3 rings (SSSR count).